The molecule has 0 aromatic heterocycles. The Balaban J connectivity index is 2.96. The summed E-state index contributed by atoms with van der Waals surface area (Å²) in [5, 5.41) is 10.1. The van der Waals surface area contributed by atoms with Crippen molar-refractivity contribution in [2.45, 2.75) is 13.3 Å². The van der Waals surface area contributed by atoms with E-state index in [1.807, 2.05) is 6.92 Å². The molecule has 6 heteroatoms. The standard InChI is InChI=1S/C14H19ClN2O3/c1-4-7-17(9-13(19)16(2)3)14(20)11-6-5-10(15)8-12(11)18/h5-6,8,18H,4,7,9H2,1-3H3. The molecule has 0 radical (unpaired) electrons. The van der Waals surface area contributed by atoms with Crippen molar-refractivity contribution < 1.29 is 14.7 Å². The summed E-state index contributed by atoms with van der Waals surface area (Å²) in [7, 11) is 3.27. The molecule has 0 saturated carbocycles. The van der Waals surface area contributed by atoms with E-state index in [0.717, 1.165) is 6.42 Å². The molecular weight excluding hydrogens is 280 g/mol. The smallest absolute Gasteiger partial charge is 0.258 e. The van der Waals surface area contributed by atoms with E-state index in [-0.39, 0.29) is 29.7 Å². The van der Waals surface area contributed by atoms with Gasteiger partial charge in [-0.05, 0) is 24.6 Å². The summed E-state index contributed by atoms with van der Waals surface area (Å²) in [5.74, 6) is -0.725. The minimum atomic E-state index is -0.379. The second kappa shape index (κ2) is 7.14. The molecule has 0 unspecified atom stereocenters. The predicted octanol–water partition coefficient (Wildman–Crippen LogP) is 1.99. The van der Waals surface area contributed by atoms with Crippen molar-refractivity contribution >= 4 is 23.4 Å². The highest BCUT2D eigenvalue weighted by Crippen LogP contribution is 2.23. The Morgan fingerprint density at radius 3 is 2.45 bits per heavy atom. The third-order valence-electron chi connectivity index (χ3n) is 2.80. The fourth-order valence-electron chi connectivity index (χ4n) is 1.68. The Kier molecular flexibility index (Phi) is 5.82. The largest absolute Gasteiger partial charge is 0.507 e. The summed E-state index contributed by atoms with van der Waals surface area (Å²) in [6.45, 7) is 2.35. The Hall–Kier alpha value is -1.75. The van der Waals surface area contributed by atoms with Crippen molar-refractivity contribution in [1.82, 2.24) is 9.80 Å². The van der Waals surface area contributed by atoms with E-state index >= 15 is 0 Å². The van der Waals surface area contributed by atoms with E-state index in [9.17, 15) is 14.7 Å². The molecule has 0 saturated heterocycles. The van der Waals surface area contributed by atoms with Gasteiger partial charge in [0.05, 0.1) is 5.56 Å². The van der Waals surface area contributed by atoms with Gasteiger partial charge in [-0.1, -0.05) is 18.5 Å². The zero-order valence-corrected chi connectivity index (χ0v) is 12.6. The van der Waals surface area contributed by atoms with Gasteiger partial charge in [-0.25, -0.2) is 0 Å². The van der Waals surface area contributed by atoms with Crippen LogP contribution >= 0.6 is 11.6 Å². The number of hydrogen-bond donors (Lipinski definition) is 1. The minimum absolute atomic E-state index is 0.0122. The number of hydrogen-bond acceptors (Lipinski definition) is 3. The van der Waals surface area contributed by atoms with Gasteiger partial charge in [0.25, 0.3) is 5.91 Å². The Morgan fingerprint density at radius 2 is 1.95 bits per heavy atom. The van der Waals surface area contributed by atoms with E-state index in [0.29, 0.717) is 11.6 Å². The first-order chi connectivity index (χ1) is 9.36. The van der Waals surface area contributed by atoms with Crippen LogP contribution in [0.15, 0.2) is 18.2 Å². The Labute approximate surface area is 123 Å². The second-order valence-corrected chi connectivity index (χ2v) is 5.11. The fraction of sp³-hybridized carbons (Fsp3) is 0.429. The molecule has 5 nitrogen and oxygen atoms in total. The number of rotatable bonds is 5. The van der Waals surface area contributed by atoms with Crippen LogP contribution in [-0.2, 0) is 4.79 Å². The minimum Gasteiger partial charge on any atom is -0.507 e. The van der Waals surface area contributed by atoms with Gasteiger partial charge in [0.1, 0.15) is 12.3 Å². The first kappa shape index (κ1) is 16.3. The van der Waals surface area contributed by atoms with Crippen LogP contribution in [0.25, 0.3) is 0 Å². The molecular formula is C14H19ClN2O3. The SMILES string of the molecule is CCCN(CC(=O)N(C)C)C(=O)c1ccc(Cl)cc1O. The summed E-state index contributed by atoms with van der Waals surface area (Å²) in [4.78, 5) is 27.0. The third kappa shape index (κ3) is 4.13. The summed E-state index contributed by atoms with van der Waals surface area (Å²) in [6.07, 6.45) is 0.723. The number of halogens is 1. The predicted molar refractivity (Wildman–Crippen MR) is 78.0 cm³/mol. The van der Waals surface area contributed by atoms with Crippen LogP contribution < -0.4 is 0 Å². The van der Waals surface area contributed by atoms with E-state index in [1.165, 1.54) is 28.0 Å². The molecule has 0 aliphatic carbocycles. The molecule has 2 amide bonds. The van der Waals surface area contributed by atoms with Crippen LogP contribution in [-0.4, -0.2) is 53.9 Å². The molecule has 0 heterocycles. The number of phenols is 1. The molecule has 1 N–H and O–H groups in total. The number of likely N-dealkylation sites (N-methyl/N-ethyl adjacent to an activating group) is 1. The topological polar surface area (TPSA) is 60.9 Å². The molecule has 0 aliphatic rings. The number of aromatic hydroxyl groups is 1. The lowest BCUT2D eigenvalue weighted by Crippen LogP contribution is -2.40. The van der Waals surface area contributed by atoms with Gasteiger partial charge in [-0.15, -0.1) is 0 Å². The fourth-order valence-corrected chi connectivity index (χ4v) is 1.85. The lowest BCUT2D eigenvalue weighted by molar-refractivity contribution is -0.129. The van der Waals surface area contributed by atoms with Crippen LogP contribution in [0.2, 0.25) is 5.02 Å². The first-order valence-electron chi connectivity index (χ1n) is 6.34. The van der Waals surface area contributed by atoms with Gasteiger partial charge in [0, 0.05) is 25.7 Å². The number of nitrogens with zero attached hydrogens (tertiary/aromatic N) is 2. The Morgan fingerprint density at radius 1 is 1.30 bits per heavy atom. The Bertz CT molecular complexity index is 503. The average molecular weight is 299 g/mol. The zero-order chi connectivity index (χ0) is 15.3. The second-order valence-electron chi connectivity index (χ2n) is 4.68. The van der Waals surface area contributed by atoms with Crippen molar-refractivity contribution in [2.24, 2.45) is 0 Å². The summed E-state index contributed by atoms with van der Waals surface area (Å²) < 4.78 is 0. The highest BCUT2D eigenvalue weighted by atomic mass is 35.5. The molecule has 0 fully saturated rings. The zero-order valence-electron chi connectivity index (χ0n) is 11.9. The van der Waals surface area contributed by atoms with E-state index in [4.69, 9.17) is 11.6 Å². The highest BCUT2D eigenvalue weighted by molar-refractivity contribution is 6.30. The van der Waals surface area contributed by atoms with Crippen molar-refractivity contribution in [3.63, 3.8) is 0 Å². The number of carbonyl (C=O) groups excluding carboxylic acids is 2. The van der Waals surface area contributed by atoms with Crippen molar-refractivity contribution in [3.05, 3.63) is 28.8 Å². The molecule has 1 aromatic carbocycles. The quantitative estimate of drug-likeness (QED) is 0.904. The van der Waals surface area contributed by atoms with Gasteiger partial charge in [-0.2, -0.15) is 0 Å². The molecule has 0 atom stereocenters. The average Bonchev–Trinajstić information content (AvgIpc) is 2.37. The summed E-state index contributed by atoms with van der Waals surface area (Å²) in [5.41, 5.74) is 0.148. The molecule has 1 aromatic rings. The summed E-state index contributed by atoms with van der Waals surface area (Å²) >= 11 is 5.74. The molecule has 20 heavy (non-hydrogen) atoms. The number of benzene rings is 1. The number of carbonyl (C=O) groups is 2. The van der Waals surface area contributed by atoms with E-state index in [2.05, 4.69) is 0 Å². The highest BCUT2D eigenvalue weighted by Gasteiger charge is 2.21. The van der Waals surface area contributed by atoms with Crippen LogP contribution in [0.1, 0.15) is 23.7 Å². The first-order valence-corrected chi connectivity index (χ1v) is 6.72. The van der Waals surface area contributed by atoms with Crippen LogP contribution in [0.5, 0.6) is 5.75 Å². The molecule has 1 rings (SSSR count). The number of phenolic OH excluding ortho intramolecular Hbond substituents is 1. The molecule has 0 aliphatic heterocycles. The lowest BCUT2D eigenvalue weighted by atomic mass is 10.1. The van der Waals surface area contributed by atoms with Crippen molar-refractivity contribution in [3.8, 4) is 5.75 Å². The molecule has 0 spiro atoms. The summed E-state index contributed by atoms with van der Waals surface area (Å²) in [6, 6.07) is 4.31. The lowest BCUT2D eigenvalue weighted by Gasteiger charge is -2.23. The van der Waals surface area contributed by atoms with Crippen LogP contribution in [0.4, 0.5) is 0 Å². The van der Waals surface area contributed by atoms with Crippen molar-refractivity contribution in [1.29, 1.82) is 0 Å². The van der Waals surface area contributed by atoms with Gasteiger partial charge >= 0.3 is 0 Å². The van der Waals surface area contributed by atoms with E-state index < -0.39 is 0 Å². The van der Waals surface area contributed by atoms with Crippen LogP contribution in [0, 0.1) is 0 Å². The third-order valence-corrected chi connectivity index (χ3v) is 3.03. The normalized spacial score (nSPS) is 10.2. The monoisotopic (exact) mass is 298 g/mol. The maximum Gasteiger partial charge on any atom is 0.258 e. The van der Waals surface area contributed by atoms with Gasteiger partial charge < -0.3 is 14.9 Å². The maximum absolute atomic E-state index is 12.4. The number of amides is 2. The molecule has 110 valence electrons. The van der Waals surface area contributed by atoms with Gasteiger partial charge in [-0.3, -0.25) is 9.59 Å². The van der Waals surface area contributed by atoms with Crippen molar-refractivity contribution in [2.75, 3.05) is 27.2 Å². The van der Waals surface area contributed by atoms with E-state index in [1.54, 1.807) is 14.1 Å². The van der Waals surface area contributed by atoms with Crippen LogP contribution in [0.3, 0.4) is 0 Å². The van der Waals surface area contributed by atoms with Gasteiger partial charge in [0.2, 0.25) is 5.91 Å². The molecule has 0 bridgehead atoms. The maximum atomic E-state index is 12.4. The van der Waals surface area contributed by atoms with Gasteiger partial charge in [0.15, 0.2) is 0 Å².